The van der Waals surface area contributed by atoms with E-state index in [4.69, 9.17) is 9.52 Å². The van der Waals surface area contributed by atoms with Gasteiger partial charge in [-0.1, -0.05) is 0 Å². The van der Waals surface area contributed by atoms with Crippen molar-refractivity contribution >= 4 is 29.0 Å². The molecule has 0 fully saturated rings. The van der Waals surface area contributed by atoms with Crippen LogP contribution in [0.4, 0.5) is 10.6 Å². The second-order valence-corrected chi connectivity index (χ2v) is 4.50. The standard InChI is InChI=1S/C11H10N2O4S/c1-6(14)8-3-2-7(17-8)4-10-12-9(5-18-10)13-11(15)16/h2-3,5,13H,4H2,1H3,(H,15,16). The average Bonchev–Trinajstić information content (AvgIpc) is 2.88. The lowest BCUT2D eigenvalue weighted by molar-refractivity contribution is 0.0985. The molecule has 2 rings (SSSR count). The normalized spacial score (nSPS) is 10.3. The Kier molecular flexibility index (Phi) is 3.42. The molecule has 6 nitrogen and oxygen atoms in total. The van der Waals surface area contributed by atoms with E-state index in [1.807, 2.05) is 0 Å². The molecule has 2 aromatic heterocycles. The zero-order chi connectivity index (χ0) is 13.1. The summed E-state index contributed by atoms with van der Waals surface area (Å²) >= 11 is 1.32. The Labute approximate surface area is 106 Å². The van der Waals surface area contributed by atoms with Crippen molar-refractivity contribution < 1.29 is 19.1 Å². The molecule has 7 heteroatoms. The summed E-state index contributed by atoms with van der Waals surface area (Å²) in [4.78, 5) is 25.5. The summed E-state index contributed by atoms with van der Waals surface area (Å²) in [6.45, 7) is 1.43. The number of thiazole rings is 1. The molecule has 0 aromatic carbocycles. The lowest BCUT2D eigenvalue weighted by Crippen LogP contribution is -2.07. The van der Waals surface area contributed by atoms with E-state index in [9.17, 15) is 9.59 Å². The molecule has 0 saturated heterocycles. The molecule has 0 saturated carbocycles. The van der Waals surface area contributed by atoms with Gasteiger partial charge in [0.15, 0.2) is 11.5 Å². The number of ketones is 1. The highest BCUT2D eigenvalue weighted by Gasteiger charge is 2.10. The number of carbonyl (C=O) groups is 2. The van der Waals surface area contributed by atoms with Gasteiger partial charge in [0.1, 0.15) is 16.6 Å². The van der Waals surface area contributed by atoms with Crippen molar-refractivity contribution in [2.75, 3.05) is 5.32 Å². The van der Waals surface area contributed by atoms with Gasteiger partial charge in [0.2, 0.25) is 0 Å². The molecular formula is C11H10N2O4S. The van der Waals surface area contributed by atoms with E-state index < -0.39 is 6.09 Å². The van der Waals surface area contributed by atoms with Crippen LogP contribution in [-0.4, -0.2) is 22.0 Å². The first-order valence-electron chi connectivity index (χ1n) is 5.08. The summed E-state index contributed by atoms with van der Waals surface area (Å²) < 4.78 is 5.32. The van der Waals surface area contributed by atoms with E-state index in [0.717, 1.165) is 0 Å². The predicted molar refractivity (Wildman–Crippen MR) is 65.3 cm³/mol. The second-order valence-electron chi connectivity index (χ2n) is 3.56. The van der Waals surface area contributed by atoms with E-state index in [1.54, 1.807) is 17.5 Å². The van der Waals surface area contributed by atoms with Crippen LogP contribution in [0.2, 0.25) is 0 Å². The van der Waals surface area contributed by atoms with Gasteiger partial charge in [-0.25, -0.2) is 9.78 Å². The van der Waals surface area contributed by atoms with Gasteiger partial charge in [0.05, 0.1) is 6.42 Å². The highest BCUT2D eigenvalue weighted by Crippen LogP contribution is 2.19. The maximum absolute atomic E-state index is 11.1. The van der Waals surface area contributed by atoms with Crippen molar-refractivity contribution in [2.45, 2.75) is 13.3 Å². The molecule has 2 N–H and O–H groups in total. The summed E-state index contributed by atoms with van der Waals surface area (Å²) in [5, 5.41) is 13.0. The SMILES string of the molecule is CC(=O)c1ccc(Cc2nc(NC(=O)O)cs2)o1. The fourth-order valence-electron chi connectivity index (χ4n) is 1.37. The third kappa shape index (κ3) is 2.95. The molecule has 0 aliphatic rings. The molecule has 0 aliphatic heterocycles. The van der Waals surface area contributed by atoms with Crippen molar-refractivity contribution in [1.82, 2.24) is 4.98 Å². The lowest BCUT2D eigenvalue weighted by Gasteiger charge is -1.93. The van der Waals surface area contributed by atoms with E-state index in [2.05, 4.69) is 10.3 Å². The van der Waals surface area contributed by atoms with Crippen molar-refractivity contribution in [1.29, 1.82) is 0 Å². The number of anilines is 1. The maximum Gasteiger partial charge on any atom is 0.410 e. The van der Waals surface area contributed by atoms with Gasteiger partial charge in [-0.3, -0.25) is 10.1 Å². The van der Waals surface area contributed by atoms with Crippen molar-refractivity contribution in [3.05, 3.63) is 34.0 Å². The lowest BCUT2D eigenvalue weighted by atomic mass is 10.3. The minimum Gasteiger partial charge on any atom is -0.465 e. The van der Waals surface area contributed by atoms with Crippen LogP contribution in [0.25, 0.3) is 0 Å². The molecular weight excluding hydrogens is 256 g/mol. The topological polar surface area (TPSA) is 92.4 Å². The van der Waals surface area contributed by atoms with E-state index in [1.165, 1.54) is 18.3 Å². The number of nitrogens with one attached hydrogen (secondary N) is 1. The number of hydrogen-bond donors (Lipinski definition) is 2. The third-order valence-electron chi connectivity index (χ3n) is 2.12. The van der Waals surface area contributed by atoms with Crippen molar-refractivity contribution in [3.63, 3.8) is 0 Å². The fourth-order valence-corrected chi connectivity index (χ4v) is 2.11. The second kappa shape index (κ2) is 5.01. The predicted octanol–water partition coefficient (Wildman–Crippen LogP) is 2.62. The first-order valence-corrected chi connectivity index (χ1v) is 5.96. The largest absolute Gasteiger partial charge is 0.465 e. The Bertz CT molecular complexity index is 587. The van der Waals surface area contributed by atoms with Gasteiger partial charge in [-0.15, -0.1) is 11.3 Å². The zero-order valence-corrected chi connectivity index (χ0v) is 10.3. The van der Waals surface area contributed by atoms with Crippen molar-refractivity contribution in [2.24, 2.45) is 0 Å². The fraction of sp³-hybridized carbons (Fsp3) is 0.182. The molecule has 2 heterocycles. The molecule has 0 atom stereocenters. The molecule has 0 spiro atoms. The monoisotopic (exact) mass is 266 g/mol. The van der Waals surface area contributed by atoms with E-state index in [0.29, 0.717) is 28.8 Å². The molecule has 94 valence electrons. The van der Waals surface area contributed by atoms with Crippen molar-refractivity contribution in [3.8, 4) is 0 Å². The summed E-state index contributed by atoms with van der Waals surface area (Å²) in [5.41, 5.74) is 0. The Balaban J connectivity index is 2.06. The number of rotatable bonds is 4. The van der Waals surface area contributed by atoms with Gasteiger partial charge in [-0.05, 0) is 12.1 Å². The number of carbonyl (C=O) groups excluding carboxylic acids is 1. The van der Waals surface area contributed by atoms with Crippen LogP contribution in [0.1, 0.15) is 28.2 Å². The van der Waals surface area contributed by atoms with E-state index >= 15 is 0 Å². The van der Waals surface area contributed by atoms with Gasteiger partial charge >= 0.3 is 6.09 Å². The quantitative estimate of drug-likeness (QED) is 0.830. The number of amides is 1. The molecule has 1 amide bonds. The summed E-state index contributed by atoms with van der Waals surface area (Å²) in [6, 6.07) is 3.32. The van der Waals surface area contributed by atoms with Crippen LogP contribution in [0.3, 0.4) is 0 Å². The average molecular weight is 266 g/mol. The van der Waals surface area contributed by atoms with Crippen LogP contribution >= 0.6 is 11.3 Å². The number of nitrogens with zero attached hydrogens (tertiary/aromatic N) is 1. The minimum atomic E-state index is -1.15. The van der Waals surface area contributed by atoms with Gasteiger partial charge in [0, 0.05) is 12.3 Å². The summed E-state index contributed by atoms with van der Waals surface area (Å²) in [5.74, 6) is 1.09. The van der Waals surface area contributed by atoms with Crippen LogP contribution < -0.4 is 5.32 Å². The molecule has 0 unspecified atom stereocenters. The number of hydrogen-bond acceptors (Lipinski definition) is 5. The third-order valence-corrected chi connectivity index (χ3v) is 2.97. The molecule has 18 heavy (non-hydrogen) atoms. The number of carboxylic acid groups (broad SMARTS) is 1. The Hall–Kier alpha value is -2.15. The van der Waals surface area contributed by atoms with Gasteiger partial charge in [0.25, 0.3) is 0 Å². The first kappa shape index (κ1) is 12.3. The number of furan rings is 1. The molecule has 0 radical (unpaired) electrons. The smallest absolute Gasteiger partial charge is 0.410 e. The number of Topliss-reactive ketones (excluding diaryl/α,β-unsaturated/α-hetero) is 1. The first-order chi connectivity index (χ1) is 8.54. The highest BCUT2D eigenvalue weighted by atomic mass is 32.1. The minimum absolute atomic E-state index is 0.131. The number of aromatic nitrogens is 1. The Morgan fingerprint density at radius 2 is 2.28 bits per heavy atom. The zero-order valence-electron chi connectivity index (χ0n) is 9.47. The van der Waals surface area contributed by atoms with Crippen LogP contribution in [0.5, 0.6) is 0 Å². The molecule has 0 aliphatic carbocycles. The summed E-state index contributed by atoms with van der Waals surface area (Å²) in [6.07, 6.45) is -0.720. The Morgan fingerprint density at radius 3 is 2.89 bits per heavy atom. The molecule has 0 bridgehead atoms. The molecule has 2 aromatic rings. The summed E-state index contributed by atoms with van der Waals surface area (Å²) in [7, 11) is 0. The van der Waals surface area contributed by atoms with Gasteiger partial charge in [-0.2, -0.15) is 0 Å². The maximum atomic E-state index is 11.1. The van der Waals surface area contributed by atoms with Crippen LogP contribution in [0, 0.1) is 0 Å². The Morgan fingerprint density at radius 1 is 1.50 bits per heavy atom. The van der Waals surface area contributed by atoms with E-state index in [-0.39, 0.29) is 5.78 Å². The van der Waals surface area contributed by atoms with Crippen LogP contribution in [-0.2, 0) is 6.42 Å². The highest BCUT2D eigenvalue weighted by molar-refractivity contribution is 7.10. The van der Waals surface area contributed by atoms with Crippen LogP contribution in [0.15, 0.2) is 21.9 Å². The van der Waals surface area contributed by atoms with Gasteiger partial charge < -0.3 is 9.52 Å².